The molecule has 0 aliphatic rings. The molecule has 9 nitrogen and oxygen atoms in total. The highest BCUT2D eigenvalue weighted by molar-refractivity contribution is 7.92. The maximum atomic E-state index is 14.0. The second-order valence-corrected chi connectivity index (χ2v) is 12.4. The van der Waals surface area contributed by atoms with Crippen molar-refractivity contribution in [2.75, 3.05) is 31.6 Å². The van der Waals surface area contributed by atoms with Gasteiger partial charge in [-0.1, -0.05) is 47.8 Å². The normalized spacial score (nSPS) is 11.9. The zero-order valence-corrected chi connectivity index (χ0v) is 26.6. The minimum atomic E-state index is -4.34. The van der Waals surface area contributed by atoms with Gasteiger partial charge in [-0.3, -0.25) is 13.9 Å². The summed E-state index contributed by atoms with van der Waals surface area (Å²) in [6.07, 6.45) is 0.698. The number of carbonyl (C=O) groups excluding carboxylic acids is 2. The Bertz CT molecular complexity index is 1520. The van der Waals surface area contributed by atoms with Crippen LogP contribution in [0.3, 0.4) is 0 Å². The van der Waals surface area contributed by atoms with E-state index in [0.29, 0.717) is 39.3 Å². The minimum Gasteiger partial charge on any atom is -0.493 e. The summed E-state index contributed by atoms with van der Waals surface area (Å²) in [5.41, 5.74) is 0.723. The quantitative estimate of drug-likeness (QED) is 0.249. The van der Waals surface area contributed by atoms with E-state index in [1.165, 1.54) is 67.7 Å². The molecule has 0 radical (unpaired) electrons. The van der Waals surface area contributed by atoms with Crippen LogP contribution in [0.4, 0.5) is 5.69 Å². The first-order valence-corrected chi connectivity index (χ1v) is 15.5. The van der Waals surface area contributed by atoms with Gasteiger partial charge in [0.2, 0.25) is 11.8 Å². The summed E-state index contributed by atoms with van der Waals surface area (Å²) in [5, 5.41) is 3.88. The molecule has 0 fully saturated rings. The van der Waals surface area contributed by atoms with E-state index in [2.05, 4.69) is 5.32 Å². The first-order valence-electron chi connectivity index (χ1n) is 12.9. The molecule has 1 atom stereocenters. The molecule has 3 aromatic carbocycles. The maximum Gasteiger partial charge on any atom is 0.264 e. The lowest BCUT2D eigenvalue weighted by atomic mass is 10.1. The summed E-state index contributed by atoms with van der Waals surface area (Å²) in [7, 11) is -1.51. The van der Waals surface area contributed by atoms with E-state index in [1.807, 2.05) is 6.92 Å². The highest BCUT2D eigenvalue weighted by Gasteiger charge is 2.33. The van der Waals surface area contributed by atoms with Crippen LogP contribution in [0.5, 0.6) is 11.5 Å². The van der Waals surface area contributed by atoms with Gasteiger partial charge in [-0.2, -0.15) is 0 Å². The van der Waals surface area contributed by atoms with Crippen molar-refractivity contribution in [1.29, 1.82) is 0 Å². The van der Waals surface area contributed by atoms with Crippen LogP contribution < -0.4 is 19.1 Å². The molecule has 0 aliphatic heterocycles. The van der Waals surface area contributed by atoms with Crippen molar-refractivity contribution < 1.29 is 27.5 Å². The van der Waals surface area contributed by atoms with E-state index in [4.69, 9.17) is 44.3 Å². The fraction of sp³-hybridized carbons (Fsp3) is 0.310. The molecule has 3 aromatic rings. The maximum absolute atomic E-state index is 14.0. The van der Waals surface area contributed by atoms with Crippen LogP contribution in [-0.4, -0.2) is 58.5 Å². The Labute approximate surface area is 261 Å². The number of rotatable bonds is 13. The second kappa shape index (κ2) is 14.8. The molecule has 226 valence electrons. The van der Waals surface area contributed by atoms with E-state index in [1.54, 1.807) is 19.1 Å². The number of methoxy groups -OCH3 is 2. The van der Waals surface area contributed by atoms with Crippen LogP contribution in [0.15, 0.2) is 65.6 Å². The van der Waals surface area contributed by atoms with Gasteiger partial charge < -0.3 is 19.7 Å². The van der Waals surface area contributed by atoms with E-state index in [0.717, 1.165) is 4.31 Å². The van der Waals surface area contributed by atoms with Crippen LogP contribution in [0.1, 0.15) is 25.8 Å². The van der Waals surface area contributed by atoms with Gasteiger partial charge in [-0.15, -0.1) is 0 Å². The van der Waals surface area contributed by atoms with Crippen LogP contribution in [0, 0.1) is 0 Å². The van der Waals surface area contributed by atoms with Gasteiger partial charge in [0.15, 0.2) is 11.5 Å². The minimum absolute atomic E-state index is 0.0690. The molecule has 1 N–H and O–H groups in total. The van der Waals surface area contributed by atoms with E-state index in [9.17, 15) is 18.0 Å². The summed E-state index contributed by atoms with van der Waals surface area (Å²) in [5.74, 6) is -0.500. The Morgan fingerprint density at radius 3 is 2.14 bits per heavy atom. The van der Waals surface area contributed by atoms with Crippen LogP contribution in [0.2, 0.25) is 15.1 Å². The summed E-state index contributed by atoms with van der Waals surface area (Å²) in [4.78, 5) is 28.1. The fourth-order valence-electron chi connectivity index (χ4n) is 4.05. The van der Waals surface area contributed by atoms with Gasteiger partial charge in [-0.25, -0.2) is 8.42 Å². The lowest BCUT2D eigenvalue weighted by Crippen LogP contribution is -2.51. The van der Waals surface area contributed by atoms with Gasteiger partial charge in [0.25, 0.3) is 10.0 Å². The lowest BCUT2D eigenvalue weighted by molar-refractivity contribution is -0.139. The number of hydrogen-bond donors (Lipinski definition) is 1. The topological polar surface area (TPSA) is 105 Å². The Morgan fingerprint density at radius 1 is 0.905 bits per heavy atom. The van der Waals surface area contributed by atoms with Gasteiger partial charge in [0, 0.05) is 34.2 Å². The van der Waals surface area contributed by atoms with Crippen molar-refractivity contribution in [3.63, 3.8) is 0 Å². The van der Waals surface area contributed by atoms with Crippen molar-refractivity contribution in [2.45, 2.75) is 37.8 Å². The molecule has 3 rings (SSSR count). The zero-order chi connectivity index (χ0) is 31.0. The van der Waals surface area contributed by atoms with Crippen LogP contribution in [-0.2, 0) is 26.2 Å². The molecule has 0 heterocycles. The Morgan fingerprint density at radius 2 is 1.55 bits per heavy atom. The average molecular weight is 657 g/mol. The summed E-state index contributed by atoms with van der Waals surface area (Å²) >= 11 is 18.5. The third-order valence-corrected chi connectivity index (χ3v) is 9.02. The molecule has 0 bridgehead atoms. The number of sulfonamides is 1. The molecular formula is C29H32Cl3N3O6S. The first kappa shape index (κ1) is 33.3. The average Bonchev–Trinajstić information content (AvgIpc) is 2.97. The zero-order valence-electron chi connectivity index (χ0n) is 23.6. The molecule has 0 aliphatic carbocycles. The molecular weight excluding hydrogens is 625 g/mol. The first-order chi connectivity index (χ1) is 19.9. The van der Waals surface area contributed by atoms with E-state index in [-0.39, 0.29) is 22.9 Å². The number of benzene rings is 3. The van der Waals surface area contributed by atoms with Crippen LogP contribution >= 0.6 is 34.8 Å². The standard InChI is InChI=1S/C29H32Cl3N3O6S/c1-5-14-33-29(37)19(2)34(17-20-6-7-22(31)15-25(20)32)28(36)18-35(23-10-8-21(30)9-11-23)42(38,39)24-12-13-26(40-3)27(16-24)41-4/h6-13,15-16,19H,5,14,17-18H2,1-4H3,(H,33,37). The molecule has 0 aromatic heterocycles. The van der Waals surface area contributed by atoms with Crippen molar-refractivity contribution in [3.8, 4) is 11.5 Å². The molecule has 0 saturated carbocycles. The number of amides is 2. The van der Waals surface area contributed by atoms with Gasteiger partial charge >= 0.3 is 0 Å². The molecule has 0 saturated heterocycles. The Hall–Kier alpha value is -3.18. The highest BCUT2D eigenvalue weighted by Crippen LogP contribution is 2.33. The number of anilines is 1. The third-order valence-electron chi connectivity index (χ3n) is 6.41. The Balaban J connectivity index is 2.07. The van der Waals surface area contributed by atoms with Crippen molar-refractivity contribution in [3.05, 3.63) is 81.3 Å². The number of hydrogen-bond acceptors (Lipinski definition) is 6. The summed E-state index contributed by atoms with van der Waals surface area (Å²) in [6.45, 7) is 3.19. The second-order valence-electron chi connectivity index (χ2n) is 9.23. The molecule has 42 heavy (non-hydrogen) atoms. The monoisotopic (exact) mass is 655 g/mol. The molecule has 13 heteroatoms. The smallest absolute Gasteiger partial charge is 0.264 e. The van der Waals surface area contributed by atoms with Crippen molar-refractivity contribution in [2.24, 2.45) is 0 Å². The van der Waals surface area contributed by atoms with Gasteiger partial charge in [-0.05, 0) is 67.4 Å². The number of nitrogens with zero attached hydrogens (tertiary/aromatic N) is 2. The predicted molar refractivity (Wildman–Crippen MR) is 165 cm³/mol. The number of carbonyl (C=O) groups is 2. The number of halogens is 3. The predicted octanol–water partition coefficient (Wildman–Crippen LogP) is 5.80. The lowest BCUT2D eigenvalue weighted by Gasteiger charge is -2.32. The molecule has 1 unspecified atom stereocenters. The van der Waals surface area contributed by atoms with Crippen LogP contribution in [0.25, 0.3) is 0 Å². The highest BCUT2D eigenvalue weighted by atomic mass is 35.5. The molecule has 0 spiro atoms. The summed E-state index contributed by atoms with van der Waals surface area (Å²) in [6, 6.07) is 14.0. The van der Waals surface area contributed by atoms with E-state index < -0.39 is 34.4 Å². The Kier molecular flexibility index (Phi) is 11.8. The van der Waals surface area contributed by atoms with Gasteiger partial charge in [0.05, 0.1) is 24.8 Å². The van der Waals surface area contributed by atoms with Gasteiger partial charge in [0.1, 0.15) is 12.6 Å². The fourth-order valence-corrected chi connectivity index (χ4v) is 6.08. The summed E-state index contributed by atoms with van der Waals surface area (Å²) < 4.78 is 39.6. The largest absolute Gasteiger partial charge is 0.493 e. The van der Waals surface area contributed by atoms with E-state index >= 15 is 0 Å². The third kappa shape index (κ3) is 8.01. The molecule has 2 amide bonds. The van der Waals surface area contributed by atoms with Crippen molar-refractivity contribution >= 4 is 62.3 Å². The number of nitrogens with one attached hydrogen (secondary N) is 1. The number of ether oxygens (including phenoxy) is 2. The van der Waals surface area contributed by atoms with Crippen molar-refractivity contribution in [1.82, 2.24) is 10.2 Å². The SMILES string of the molecule is CCCNC(=O)C(C)N(Cc1ccc(Cl)cc1Cl)C(=O)CN(c1ccc(Cl)cc1)S(=O)(=O)c1ccc(OC)c(OC)c1.